The van der Waals surface area contributed by atoms with Crippen molar-refractivity contribution in [2.75, 3.05) is 23.4 Å². The van der Waals surface area contributed by atoms with Crippen LogP contribution in [0.4, 0.5) is 11.4 Å². The zero-order valence-corrected chi connectivity index (χ0v) is 18.1. The molecule has 0 unspecified atom stereocenters. The van der Waals surface area contributed by atoms with Gasteiger partial charge in [0.1, 0.15) is 18.8 Å². The third kappa shape index (κ3) is 2.72. The normalized spacial score (nSPS) is 28.8. The van der Waals surface area contributed by atoms with E-state index in [2.05, 4.69) is 10.6 Å². The van der Waals surface area contributed by atoms with Crippen LogP contribution in [0, 0.1) is 11.8 Å². The fourth-order valence-corrected chi connectivity index (χ4v) is 5.73. The lowest BCUT2D eigenvalue weighted by Crippen LogP contribution is -2.53. The molecule has 4 aliphatic rings. The summed E-state index contributed by atoms with van der Waals surface area (Å²) in [5.41, 5.74) is 5.50. The van der Waals surface area contributed by atoms with Gasteiger partial charge in [-0.2, -0.15) is 0 Å². The van der Waals surface area contributed by atoms with E-state index in [4.69, 9.17) is 15.2 Å². The number of carbonyl (C=O) groups is 4. The van der Waals surface area contributed by atoms with Gasteiger partial charge < -0.3 is 20.5 Å². The summed E-state index contributed by atoms with van der Waals surface area (Å²) in [6.45, 7) is 0.783. The first-order valence-electron chi connectivity index (χ1n) is 11.2. The Kier molecular flexibility index (Phi) is 4.43. The van der Waals surface area contributed by atoms with Crippen LogP contribution >= 0.6 is 0 Å². The standard InChI is InChI=1S/C24H22N4O6/c25-18(29)8-6-15-19-20(24(27-15)13-3-1-2-4-14(13)26-23(24)32)22(31)28(21(19)30)12-5-7-16-17(11-12)34-10-9-33-16/h1-5,7,11,15,19-20,27H,6,8-10H2,(H2,25,29)(H,26,32)/t15-,19+,20+,24+/m0/s1. The highest BCUT2D eigenvalue weighted by Crippen LogP contribution is 2.54. The quantitative estimate of drug-likeness (QED) is 0.567. The Hall–Kier alpha value is -3.92. The Balaban J connectivity index is 1.46. The van der Waals surface area contributed by atoms with E-state index in [0.29, 0.717) is 41.7 Å². The van der Waals surface area contributed by atoms with Gasteiger partial charge in [-0.15, -0.1) is 0 Å². The number of carbonyl (C=O) groups excluding carboxylic acids is 4. The summed E-state index contributed by atoms with van der Waals surface area (Å²) in [6.07, 6.45) is 0.243. The zero-order valence-electron chi connectivity index (χ0n) is 18.1. The number of primary amides is 1. The second kappa shape index (κ2) is 7.29. The summed E-state index contributed by atoms with van der Waals surface area (Å²) >= 11 is 0. The fraction of sp³-hybridized carbons (Fsp3) is 0.333. The minimum absolute atomic E-state index is 0.0196. The molecule has 2 fully saturated rings. The smallest absolute Gasteiger partial charge is 0.250 e. The lowest BCUT2D eigenvalue weighted by molar-refractivity contribution is -0.130. The maximum atomic E-state index is 13.9. The molecular formula is C24H22N4O6. The summed E-state index contributed by atoms with van der Waals surface area (Å²) < 4.78 is 11.2. The number of nitrogens with one attached hydrogen (secondary N) is 2. The van der Waals surface area contributed by atoms with E-state index in [1.165, 1.54) is 0 Å². The molecule has 4 aliphatic heterocycles. The third-order valence-corrected chi connectivity index (χ3v) is 7.11. The van der Waals surface area contributed by atoms with E-state index in [-0.39, 0.29) is 12.8 Å². The van der Waals surface area contributed by atoms with Crippen LogP contribution in [0.3, 0.4) is 0 Å². The van der Waals surface area contributed by atoms with Crippen molar-refractivity contribution >= 4 is 35.0 Å². The highest BCUT2D eigenvalue weighted by Gasteiger charge is 2.70. The predicted molar refractivity (Wildman–Crippen MR) is 119 cm³/mol. The fourth-order valence-electron chi connectivity index (χ4n) is 5.73. The van der Waals surface area contributed by atoms with Crippen molar-refractivity contribution in [3.63, 3.8) is 0 Å². The van der Waals surface area contributed by atoms with Gasteiger partial charge in [0.05, 0.1) is 17.5 Å². The SMILES string of the molecule is NC(=O)CC[C@@H]1N[C@@]2(C(=O)Nc3ccccc32)[C@H]2C(=O)N(c3ccc4c(c3)OCCO4)C(=O)[C@H]12. The van der Waals surface area contributed by atoms with E-state index in [0.717, 1.165) is 4.90 Å². The van der Waals surface area contributed by atoms with Crippen LogP contribution in [-0.2, 0) is 24.7 Å². The number of rotatable bonds is 4. The molecular weight excluding hydrogens is 440 g/mol. The summed E-state index contributed by atoms with van der Waals surface area (Å²) in [5, 5.41) is 6.13. The van der Waals surface area contributed by atoms with Crippen molar-refractivity contribution in [2.24, 2.45) is 17.6 Å². The minimum Gasteiger partial charge on any atom is -0.486 e. The van der Waals surface area contributed by atoms with Gasteiger partial charge in [-0.1, -0.05) is 18.2 Å². The van der Waals surface area contributed by atoms with Crippen LogP contribution in [0.25, 0.3) is 0 Å². The monoisotopic (exact) mass is 462 g/mol. The molecule has 10 heteroatoms. The summed E-state index contributed by atoms with van der Waals surface area (Å²) in [5.74, 6) is -2.65. The maximum Gasteiger partial charge on any atom is 0.250 e. The molecule has 0 aromatic heterocycles. The van der Waals surface area contributed by atoms with Crippen molar-refractivity contribution in [1.29, 1.82) is 0 Å². The molecule has 4 amide bonds. The number of fused-ring (bicyclic) bond motifs is 5. The van der Waals surface area contributed by atoms with Gasteiger partial charge in [0.25, 0.3) is 0 Å². The van der Waals surface area contributed by atoms with Gasteiger partial charge >= 0.3 is 0 Å². The lowest BCUT2D eigenvalue weighted by atomic mass is 9.76. The molecule has 4 N–H and O–H groups in total. The molecule has 1 spiro atoms. The van der Waals surface area contributed by atoms with Crippen LogP contribution in [0.5, 0.6) is 11.5 Å². The number of anilines is 2. The first kappa shape index (κ1) is 20.7. The molecule has 0 radical (unpaired) electrons. The molecule has 2 saturated heterocycles. The average Bonchev–Trinajstić information content (AvgIpc) is 3.42. The van der Waals surface area contributed by atoms with E-state index in [1.54, 1.807) is 42.5 Å². The Morgan fingerprint density at radius 2 is 1.82 bits per heavy atom. The van der Waals surface area contributed by atoms with Gasteiger partial charge in [-0.3, -0.25) is 24.5 Å². The van der Waals surface area contributed by atoms with Crippen molar-refractivity contribution in [2.45, 2.75) is 24.4 Å². The topological polar surface area (TPSA) is 140 Å². The Bertz CT molecular complexity index is 1260. The van der Waals surface area contributed by atoms with Crippen molar-refractivity contribution in [1.82, 2.24) is 5.32 Å². The van der Waals surface area contributed by atoms with Crippen LogP contribution in [0.1, 0.15) is 18.4 Å². The number of amides is 4. The molecule has 174 valence electrons. The molecule has 34 heavy (non-hydrogen) atoms. The molecule has 6 rings (SSSR count). The van der Waals surface area contributed by atoms with E-state index in [1.807, 2.05) is 0 Å². The number of para-hydroxylation sites is 1. The number of hydrogen-bond acceptors (Lipinski definition) is 7. The van der Waals surface area contributed by atoms with E-state index >= 15 is 0 Å². The summed E-state index contributed by atoms with van der Waals surface area (Å²) in [4.78, 5) is 53.6. The molecule has 2 aromatic carbocycles. The molecule has 2 aromatic rings. The second-order valence-electron chi connectivity index (χ2n) is 8.91. The van der Waals surface area contributed by atoms with Crippen LogP contribution in [-0.4, -0.2) is 42.9 Å². The van der Waals surface area contributed by atoms with Crippen molar-refractivity contribution < 1.29 is 28.7 Å². The Morgan fingerprint density at radius 3 is 2.62 bits per heavy atom. The number of imide groups is 1. The minimum atomic E-state index is -1.42. The Labute approximate surface area is 194 Å². The number of ether oxygens (including phenoxy) is 2. The number of nitrogens with zero attached hydrogens (tertiary/aromatic N) is 1. The number of hydrogen-bond donors (Lipinski definition) is 3. The van der Waals surface area contributed by atoms with Crippen LogP contribution in [0.2, 0.25) is 0 Å². The summed E-state index contributed by atoms with van der Waals surface area (Å²) in [6, 6.07) is 11.4. The maximum absolute atomic E-state index is 13.9. The number of nitrogens with two attached hydrogens (primary N) is 1. The second-order valence-corrected chi connectivity index (χ2v) is 8.91. The molecule has 4 atom stereocenters. The largest absolute Gasteiger partial charge is 0.486 e. The van der Waals surface area contributed by atoms with Crippen LogP contribution in [0.15, 0.2) is 42.5 Å². The van der Waals surface area contributed by atoms with Crippen molar-refractivity contribution in [3.05, 3.63) is 48.0 Å². The van der Waals surface area contributed by atoms with Gasteiger partial charge in [0, 0.05) is 29.8 Å². The molecule has 0 aliphatic carbocycles. The third-order valence-electron chi connectivity index (χ3n) is 7.11. The number of benzene rings is 2. The van der Waals surface area contributed by atoms with Gasteiger partial charge in [0.2, 0.25) is 23.6 Å². The van der Waals surface area contributed by atoms with Crippen LogP contribution < -0.4 is 30.7 Å². The van der Waals surface area contributed by atoms with Gasteiger partial charge in [-0.25, -0.2) is 4.90 Å². The first-order valence-corrected chi connectivity index (χ1v) is 11.2. The molecule has 10 nitrogen and oxygen atoms in total. The molecule has 0 saturated carbocycles. The van der Waals surface area contributed by atoms with Gasteiger partial charge in [0.15, 0.2) is 11.5 Å². The van der Waals surface area contributed by atoms with E-state index < -0.39 is 47.0 Å². The van der Waals surface area contributed by atoms with E-state index in [9.17, 15) is 19.2 Å². The predicted octanol–water partition coefficient (Wildman–Crippen LogP) is 0.648. The average molecular weight is 462 g/mol. The van der Waals surface area contributed by atoms with Crippen molar-refractivity contribution in [3.8, 4) is 11.5 Å². The van der Waals surface area contributed by atoms with Gasteiger partial charge in [-0.05, 0) is 24.6 Å². The highest BCUT2D eigenvalue weighted by atomic mass is 16.6. The molecule has 4 heterocycles. The summed E-state index contributed by atoms with van der Waals surface area (Å²) in [7, 11) is 0. The lowest BCUT2D eigenvalue weighted by Gasteiger charge is -2.29. The Morgan fingerprint density at radius 1 is 1.06 bits per heavy atom. The highest BCUT2D eigenvalue weighted by molar-refractivity contribution is 6.25. The zero-order chi connectivity index (χ0) is 23.6. The molecule has 0 bridgehead atoms. The first-order chi connectivity index (χ1) is 16.4.